The third kappa shape index (κ3) is 1.85. The summed E-state index contributed by atoms with van der Waals surface area (Å²) in [5, 5.41) is 4.00. The van der Waals surface area contributed by atoms with Gasteiger partial charge in [-0.05, 0) is 19.1 Å². The van der Waals surface area contributed by atoms with Crippen molar-refractivity contribution in [1.29, 1.82) is 0 Å². The van der Waals surface area contributed by atoms with Crippen LogP contribution < -0.4 is 11.5 Å². The predicted octanol–water partition coefficient (Wildman–Crippen LogP) is 0.257. The number of nitrogen functional groups attached to an aromatic ring is 1. The molecule has 2 aromatic rings. The zero-order valence-electron chi connectivity index (χ0n) is 8.71. The number of amides is 1. The van der Waals surface area contributed by atoms with Gasteiger partial charge in [-0.25, -0.2) is 9.67 Å². The molecule has 0 radical (unpaired) electrons. The van der Waals surface area contributed by atoms with Gasteiger partial charge < -0.3 is 11.5 Å². The number of anilines is 1. The Balaban J connectivity index is 2.53. The Hall–Kier alpha value is -2.37. The lowest BCUT2D eigenvalue weighted by Crippen LogP contribution is -2.13. The van der Waals surface area contributed by atoms with Gasteiger partial charge in [-0.15, -0.1) is 0 Å². The van der Waals surface area contributed by atoms with Crippen molar-refractivity contribution in [2.45, 2.75) is 6.92 Å². The Morgan fingerprint density at radius 2 is 2.19 bits per heavy atom. The van der Waals surface area contributed by atoms with Crippen LogP contribution in [0.4, 0.5) is 5.69 Å². The van der Waals surface area contributed by atoms with Crippen molar-refractivity contribution in [3.63, 3.8) is 0 Å². The molecule has 1 amide bonds. The van der Waals surface area contributed by atoms with Crippen molar-refractivity contribution in [3.8, 4) is 5.82 Å². The summed E-state index contributed by atoms with van der Waals surface area (Å²) >= 11 is 0. The first-order valence-electron chi connectivity index (χ1n) is 4.65. The van der Waals surface area contributed by atoms with Crippen molar-refractivity contribution >= 4 is 11.6 Å². The molecular weight excluding hydrogens is 206 g/mol. The lowest BCUT2D eigenvalue weighted by molar-refractivity contribution is 0.1000. The van der Waals surface area contributed by atoms with Crippen LogP contribution in [-0.4, -0.2) is 20.7 Å². The molecule has 0 bridgehead atoms. The highest BCUT2D eigenvalue weighted by atomic mass is 16.1. The van der Waals surface area contributed by atoms with Gasteiger partial charge in [-0.3, -0.25) is 4.79 Å². The summed E-state index contributed by atoms with van der Waals surface area (Å²) in [6.07, 6.45) is 3.13. The number of hydrogen-bond acceptors (Lipinski definition) is 4. The Morgan fingerprint density at radius 3 is 2.75 bits per heavy atom. The van der Waals surface area contributed by atoms with Crippen LogP contribution in [0.3, 0.4) is 0 Å². The largest absolute Gasteiger partial charge is 0.396 e. The number of rotatable bonds is 2. The van der Waals surface area contributed by atoms with Crippen molar-refractivity contribution in [2.24, 2.45) is 5.73 Å². The number of nitrogens with two attached hydrogens (primary N) is 2. The summed E-state index contributed by atoms with van der Waals surface area (Å²) in [5.41, 5.74) is 12.4. The smallest absolute Gasteiger partial charge is 0.248 e. The van der Waals surface area contributed by atoms with Crippen LogP contribution >= 0.6 is 0 Å². The quantitative estimate of drug-likeness (QED) is 0.753. The fourth-order valence-electron chi connectivity index (χ4n) is 1.37. The molecule has 0 aliphatic carbocycles. The summed E-state index contributed by atoms with van der Waals surface area (Å²) in [5.74, 6) is 0.0254. The van der Waals surface area contributed by atoms with E-state index in [0.717, 1.165) is 0 Å². The monoisotopic (exact) mass is 217 g/mol. The van der Waals surface area contributed by atoms with E-state index in [4.69, 9.17) is 11.5 Å². The molecular formula is C10H11N5O. The number of carbonyl (C=O) groups excluding carboxylic acids is 1. The Labute approximate surface area is 91.9 Å². The molecule has 2 heterocycles. The fraction of sp³-hybridized carbons (Fsp3) is 0.100. The number of aryl methyl sites for hydroxylation is 1. The highest BCUT2D eigenvalue weighted by Gasteiger charge is 2.07. The standard InChI is InChI=1S/C10H11N5O/c1-6-2-7(10(12)16)3-9(14-6)15-5-8(11)4-13-15/h2-5H,11H2,1H3,(H2,12,16). The van der Waals surface area contributed by atoms with Gasteiger partial charge in [0.05, 0.1) is 18.1 Å². The minimum Gasteiger partial charge on any atom is -0.396 e. The average Bonchev–Trinajstić information content (AvgIpc) is 2.64. The van der Waals surface area contributed by atoms with Gasteiger partial charge >= 0.3 is 0 Å². The van der Waals surface area contributed by atoms with E-state index >= 15 is 0 Å². The van der Waals surface area contributed by atoms with Crippen molar-refractivity contribution in [3.05, 3.63) is 35.8 Å². The SMILES string of the molecule is Cc1cc(C(N)=O)cc(-n2cc(N)cn2)n1. The molecule has 2 aromatic heterocycles. The molecule has 16 heavy (non-hydrogen) atoms. The van der Waals surface area contributed by atoms with E-state index in [1.807, 2.05) is 0 Å². The molecule has 0 atom stereocenters. The average molecular weight is 217 g/mol. The van der Waals surface area contributed by atoms with Crippen LogP contribution in [0.25, 0.3) is 5.82 Å². The first-order valence-corrected chi connectivity index (χ1v) is 4.65. The van der Waals surface area contributed by atoms with Gasteiger partial charge in [0.15, 0.2) is 5.82 Å². The van der Waals surface area contributed by atoms with Crippen LogP contribution in [0.2, 0.25) is 0 Å². The summed E-state index contributed by atoms with van der Waals surface area (Å²) in [7, 11) is 0. The second-order valence-electron chi connectivity index (χ2n) is 3.44. The predicted molar refractivity (Wildman–Crippen MR) is 59.0 cm³/mol. The lowest BCUT2D eigenvalue weighted by Gasteiger charge is -2.04. The highest BCUT2D eigenvalue weighted by Crippen LogP contribution is 2.10. The maximum atomic E-state index is 11.1. The molecule has 0 aliphatic rings. The summed E-state index contributed by atoms with van der Waals surface area (Å²) in [6, 6.07) is 3.19. The van der Waals surface area contributed by atoms with Crippen molar-refractivity contribution in [2.75, 3.05) is 5.73 Å². The Kier molecular flexibility index (Phi) is 2.32. The molecule has 6 nitrogen and oxygen atoms in total. The molecule has 0 fully saturated rings. The molecule has 0 saturated heterocycles. The van der Waals surface area contributed by atoms with E-state index in [2.05, 4.69) is 10.1 Å². The van der Waals surface area contributed by atoms with Crippen LogP contribution in [-0.2, 0) is 0 Å². The summed E-state index contributed by atoms with van der Waals surface area (Å²) in [6.45, 7) is 1.78. The Morgan fingerprint density at radius 1 is 1.44 bits per heavy atom. The van der Waals surface area contributed by atoms with E-state index in [1.165, 1.54) is 10.9 Å². The first kappa shape index (κ1) is 10.2. The maximum Gasteiger partial charge on any atom is 0.248 e. The van der Waals surface area contributed by atoms with Gasteiger partial charge in [0.1, 0.15) is 0 Å². The number of pyridine rings is 1. The topological polar surface area (TPSA) is 99.8 Å². The van der Waals surface area contributed by atoms with E-state index in [1.54, 1.807) is 25.3 Å². The number of carbonyl (C=O) groups is 1. The minimum absolute atomic E-state index is 0.400. The van der Waals surface area contributed by atoms with Gasteiger partial charge in [0.25, 0.3) is 0 Å². The van der Waals surface area contributed by atoms with E-state index in [-0.39, 0.29) is 0 Å². The molecule has 0 spiro atoms. The third-order valence-electron chi connectivity index (χ3n) is 2.06. The fourth-order valence-corrected chi connectivity index (χ4v) is 1.37. The summed E-state index contributed by atoms with van der Waals surface area (Å²) < 4.78 is 1.49. The number of aromatic nitrogens is 3. The second kappa shape index (κ2) is 3.65. The van der Waals surface area contributed by atoms with Crippen molar-refractivity contribution < 1.29 is 4.79 Å². The summed E-state index contributed by atoms with van der Waals surface area (Å²) in [4.78, 5) is 15.3. The normalized spacial score (nSPS) is 10.3. The molecule has 6 heteroatoms. The molecule has 82 valence electrons. The lowest BCUT2D eigenvalue weighted by atomic mass is 10.2. The minimum atomic E-state index is -0.494. The highest BCUT2D eigenvalue weighted by molar-refractivity contribution is 5.93. The molecule has 0 unspecified atom stereocenters. The van der Waals surface area contributed by atoms with Gasteiger partial charge in [0, 0.05) is 11.3 Å². The van der Waals surface area contributed by atoms with E-state index in [0.29, 0.717) is 22.8 Å². The molecule has 0 saturated carbocycles. The van der Waals surface area contributed by atoms with Crippen LogP contribution in [0.5, 0.6) is 0 Å². The molecule has 0 aliphatic heterocycles. The zero-order valence-corrected chi connectivity index (χ0v) is 8.71. The van der Waals surface area contributed by atoms with Gasteiger partial charge in [-0.2, -0.15) is 5.10 Å². The number of hydrogen-bond donors (Lipinski definition) is 2. The second-order valence-corrected chi connectivity index (χ2v) is 3.44. The van der Waals surface area contributed by atoms with E-state index in [9.17, 15) is 4.79 Å². The third-order valence-corrected chi connectivity index (χ3v) is 2.06. The Bertz CT molecular complexity index is 546. The first-order chi connectivity index (χ1) is 7.56. The van der Waals surface area contributed by atoms with Crippen LogP contribution in [0.15, 0.2) is 24.5 Å². The molecule has 4 N–H and O–H groups in total. The van der Waals surface area contributed by atoms with Crippen LogP contribution in [0.1, 0.15) is 16.1 Å². The van der Waals surface area contributed by atoms with Gasteiger partial charge in [-0.1, -0.05) is 0 Å². The molecule has 0 aromatic carbocycles. The number of nitrogens with zero attached hydrogens (tertiary/aromatic N) is 3. The molecule has 2 rings (SSSR count). The van der Waals surface area contributed by atoms with Crippen molar-refractivity contribution in [1.82, 2.24) is 14.8 Å². The van der Waals surface area contributed by atoms with Crippen LogP contribution in [0, 0.1) is 6.92 Å². The van der Waals surface area contributed by atoms with Gasteiger partial charge in [0.2, 0.25) is 5.91 Å². The number of primary amides is 1. The zero-order chi connectivity index (χ0) is 11.7. The van der Waals surface area contributed by atoms with E-state index < -0.39 is 5.91 Å². The maximum absolute atomic E-state index is 11.1.